The lowest BCUT2D eigenvalue weighted by Crippen LogP contribution is -2.42. The number of benzene rings is 2. The highest BCUT2D eigenvalue weighted by atomic mass is 32.2. The summed E-state index contributed by atoms with van der Waals surface area (Å²) in [5.41, 5.74) is 2.19. The molecule has 2 aliphatic heterocycles. The molecule has 34 heavy (non-hydrogen) atoms. The molecule has 0 unspecified atom stereocenters. The number of anilines is 1. The van der Waals surface area contributed by atoms with Gasteiger partial charge in [0.05, 0.1) is 10.8 Å². The number of aryl methyl sites for hydroxylation is 2. The Bertz CT molecular complexity index is 1200. The number of rotatable bonds is 6. The molecule has 0 saturated carbocycles. The Morgan fingerprint density at radius 3 is 2.47 bits per heavy atom. The van der Waals surface area contributed by atoms with Crippen molar-refractivity contribution in [3.63, 3.8) is 0 Å². The predicted molar refractivity (Wildman–Crippen MR) is 124 cm³/mol. The van der Waals surface area contributed by atoms with Gasteiger partial charge in [0.15, 0.2) is 17.6 Å². The second kappa shape index (κ2) is 9.63. The fourth-order valence-electron chi connectivity index (χ4n) is 4.10. The lowest BCUT2D eigenvalue weighted by molar-refractivity contribution is -0.158. The van der Waals surface area contributed by atoms with E-state index in [9.17, 15) is 18.0 Å². The van der Waals surface area contributed by atoms with Crippen molar-refractivity contribution in [2.75, 3.05) is 25.2 Å². The molecule has 9 nitrogen and oxygen atoms in total. The molecule has 1 saturated heterocycles. The van der Waals surface area contributed by atoms with Gasteiger partial charge in [-0.1, -0.05) is 17.7 Å². The highest BCUT2D eigenvalue weighted by Crippen LogP contribution is 2.34. The molecule has 2 aliphatic rings. The number of carbonyl (C=O) groups is 2. The van der Waals surface area contributed by atoms with Crippen molar-refractivity contribution in [2.45, 2.75) is 44.6 Å². The molecule has 1 amide bonds. The van der Waals surface area contributed by atoms with E-state index in [0.717, 1.165) is 5.56 Å². The maximum Gasteiger partial charge on any atom is 0.309 e. The van der Waals surface area contributed by atoms with Gasteiger partial charge < -0.3 is 19.5 Å². The Labute approximate surface area is 199 Å². The van der Waals surface area contributed by atoms with Crippen LogP contribution in [0.25, 0.3) is 0 Å². The lowest BCUT2D eigenvalue weighted by atomic mass is 9.98. The Kier molecular flexibility index (Phi) is 6.81. The first kappa shape index (κ1) is 24.0. The van der Waals surface area contributed by atoms with E-state index in [4.69, 9.17) is 14.2 Å². The number of sulfonamides is 1. The second-order valence-corrected chi connectivity index (χ2v) is 10.5. The predicted octanol–water partition coefficient (Wildman–Crippen LogP) is 3.00. The topological polar surface area (TPSA) is 111 Å². The smallest absolute Gasteiger partial charge is 0.309 e. The average Bonchev–Trinajstić information content (AvgIpc) is 3.26. The third-order valence-corrected chi connectivity index (χ3v) is 8.10. The number of piperidine rings is 1. The minimum absolute atomic E-state index is 0.130. The summed E-state index contributed by atoms with van der Waals surface area (Å²) in [5, 5.41) is 2.69. The van der Waals surface area contributed by atoms with E-state index >= 15 is 0 Å². The molecule has 10 heteroatoms. The first-order chi connectivity index (χ1) is 16.1. The van der Waals surface area contributed by atoms with Crippen LogP contribution in [0.5, 0.6) is 11.5 Å². The van der Waals surface area contributed by atoms with Crippen LogP contribution in [-0.2, 0) is 24.3 Å². The van der Waals surface area contributed by atoms with Gasteiger partial charge in [-0.25, -0.2) is 8.42 Å². The number of carbonyl (C=O) groups excluding carboxylic acids is 2. The number of hydrogen-bond acceptors (Lipinski definition) is 7. The molecule has 182 valence electrons. The van der Waals surface area contributed by atoms with E-state index in [1.54, 1.807) is 37.3 Å². The summed E-state index contributed by atoms with van der Waals surface area (Å²) in [5.74, 6) is -0.307. The van der Waals surface area contributed by atoms with E-state index in [1.807, 2.05) is 13.0 Å². The van der Waals surface area contributed by atoms with Crippen LogP contribution in [-0.4, -0.2) is 50.6 Å². The summed E-state index contributed by atoms with van der Waals surface area (Å²) in [6.45, 7) is 5.75. The minimum atomic E-state index is -3.64. The molecule has 0 spiro atoms. The lowest BCUT2D eigenvalue weighted by Gasteiger charge is -2.31. The normalized spacial score (nSPS) is 17.3. The summed E-state index contributed by atoms with van der Waals surface area (Å²) in [4.78, 5) is 25.4. The molecule has 2 heterocycles. The minimum Gasteiger partial charge on any atom is -0.454 e. The first-order valence-corrected chi connectivity index (χ1v) is 12.6. The van der Waals surface area contributed by atoms with Crippen molar-refractivity contribution in [1.29, 1.82) is 0 Å². The molecule has 0 aromatic heterocycles. The average molecular weight is 489 g/mol. The first-order valence-electron chi connectivity index (χ1n) is 11.1. The van der Waals surface area contributed by atoms with Gasteiger partial charge in [0.25, 0.3) is 5.91 Å². The maximum atomic E-state index is 13.0. The van der Waals surface area contributed by atoms with Crippen molar-refractivity contribution in [1.82, 2.24) is 4.31 Å². The number of fused-ring (bicyclic) bond motifs is 1. The monoisotopic (exact) mass is 488 g/mol. The van der Waals surface area contributed by atoms with Gasteiger partial charge in [-0.15, -0.1) is 0 Å². The van der Waals surface area contributed by atoms with Crippen molar-refractivity contribution in [3.05, 3.63) is 47.5 Å². The van der Waals surface area contributed by atoms with E-state index < -0.39 is 33.9 Å². The van der Waals surface area contributed by atoms with Crippen LogP contribution in [0.4, 0.5) is 5.69 Å². The number of amides is 1. The van der Waals surface area contributed by atoms with Crippen molar-refractivity contribution in [2.24, 2.45) is 5.92 Å². The van der Waals surface area contributed by atoms with Gasteiger partial charge in [-0.3, -0.25) is 9.59 Å². The van der Waals surface area contributed by atoms with Gasteiger partial charge in [-0.05, 0) is 57.4 Å². The zero-order chi connectivity index (χ0) is 24.5. The number of nitrogens with zero attached hydrogens (tertiary/aromatic N) is 1. The van der Waals surface area contributed by atoms with Crippen molar-refractivity contribution < 1.29 is 32.2 Å². The third kappa shape index (κ3) is 5.02. The second-order valence-electron chi connectivity index (χ2n) is 8.58. The molecule has 0 radical (unpaired) electrons. The van der Waals surface area contributed by atoms with Crippen LogP contribution < -0.4 is 14.8 Å². The van der Waals surface area contributed by atoms with Gasteiger partial charge >= 0.3 is 5.97 Å². The molecule has 0 aliphatic carbocycles. The van der Waals surface area contributed by atoms with Gasteiger partial charge in [0.2, 0.25) is 16.8 Å². The molecule has 0 bridgehead atoms. The van der Waals surface area contributed by atoms with Crippen molar-refractivity contribution in [3.8, 4) is 11.5 Å². The fraction of sp³-hybridized carbons (Fsp3) is 0.417. The maximum absolute atomic E-state index is 13.0. The zero-order valence-corrected chi connectivity index (χ0v) is 20.2. The molecule has 4 rings (SSSR count). The zero-order valence-electron chi connectivity index (χ0n) is 19.4. The Morgan fingerprint density at radius 2 is 1.76 bits per heavy atom. The van der Waals surface area contributed by atoms with Crippen LogP contribution in [0.15, 0.2) is 41.3 Å². The molecule has 1 N–H and O–H groups in total. The summed E-state index contributed by atoms with van der Waals surface area (Å²) >= 11 is 0. The van der Waals surface area contributed by atoms with Crippen LogP contribution in [0, 0.1) is 19.8 Å². The van der Waals surface area contributed by atoms with Gasteiger partial charge in [0.1, 0.15) is 0 Å². The van der Waals surface area contributed by atoms with E-state index in [-0.39, 0.29) is 24.8 Å². The van der Waals surface area contributed by atoms with Crippen molar-refractivity contribution >= 4 is 27.6 Å². The highest BCUT2D eigenvalue weighted by Gasteiger charge is 2.34. The Hall–Kier alpha value is -3.11. The molecule has 1 fully saturated rings. The highest BCUT2D eigenvalue weighted by molar-refractivity contribution is 7.89. The summed E-state index contributed by atoms with van der Waals surface area (Å²) in [7, 11) is -3.64. The SMILES string of the molecule is Cc1ccc(S(=O)(=O)N2CCC(C(=O)O[C@@H](C)C(=O)Nc3ccc4c(c3)OCO4)CC2)c(C)c1. The largest absolute Gasteiger partial charge is 0.454 e. The number of nitrogens with one attached hydrogen (secondary N) is 1. The van der Waals surface area contributed by atoms with Crippen LogP contribution >= 0.6 is 0 Å². The summed E-state index contributed by atoms with van der Waals surface area (Å²) < 4.78 is 43.4. The molecule has 2 aromatic carbocycles. The molecular weight excluding hydrogens is 460 g/mol. The van der Waals surface area contributed by atoms with Gasteiger partial charge in [-0.2, -0.15) is 4.31 Å². The van der Waals surface area contributed by atoms with E-state index in [0.29, 0.717) is 35.6 Å². The Balaban J connectivity index is 1.30. The quantitative estimate of drug-likeness (QED) is 0.622. The molecule has 2 aromatic rings. The third-order valence-electron chi connectivity index (χ3n) is 6.04. The fourth-order valence-corrected chi connectivity index (χ4v) is 5.78. The summed E-state index contributed by atoms with van der Waals surface area (Å²) in [6.07, 6.45) is -0.339. The Morgan fingerprint density at radius 1 is 1.06 bits per heavy atom. The van der Waals surface area contributed by atoms with E-state index in [1.165, 1.54) is 11.2 Å². The number of hydrogen-bond donors (Lipinski definition) is 1. The number of esters is 1. The number of ether oxygens (including phenoxy) is 3. The van der Waals surface area contributed by atoms with E-state index in [2.05, 4.69) is 5.32 Å². The molecular formula is C24H28N2O7S. The molecule has 1 atom stereocenters. The summed E-state index contributed by atoms with van der Waals surface area (Å²) in [6, 6.07) is 10.2. The standard InChI is InChI=1S/C24H28N2O7S/c1-15-4-7-22(16(2)12-15)34(29,30)26-10-8-18(9-11-26)24(28)33-17(3)23(27)25-19-5-6-20-21(13-19)32-14-31-20/h4-7,12-13,17-18H,8-11,14H2,1-3H3,(H,25,27)/t17-/m0/s1. The van der Waals surface area contributed by atoms with Gasteiger partial charge in [0, 0.05) is 24.8 Å². The van der Waals surface area contributed by atoms with Crippen LogP contribution in [0.3, 0.4) is 0 Å². The van der Waals surface area contributed by atoms with Crippen LogP contribution in [0.1, 0.15) is 30.9 Å². The van der Waals surface area contributed by atoms with Crippen LogP contribution in [0.2, 0.25) is 0 Å².